The van der Waals surface area contributed by atoms with Crippen molar-refractivity contribution in [3.63, 3.8) is 0 Å². The molecule has 0 atom stereocenters. The molecule has 0 fully saturated rings. The molecular formula is C6Cl3F3N6. The van der Waals surface area contributed by atoms with E-state index in [1.807, 2.05) is 0 Å². The molecule has 0 saturated heterocycles. The maximum Gasteiger partial charge on any atom is 0.275 e. The normalized spacial score (nSPS) is 9.67. The number of halogens is 6. The molecule has 0 spiro atoms. The second-order valence-corrected chi connectivity index (χ2v) is 3.46. The summed E-state index contributed by atoms with van der Waals surface area (Å²) in [5.41, 5.74) is 0. The van der Waals surface area contributed by atoms with Gasteiger partial charge in [0.2, 0.25) is 5.82 Å². The molecule has 18 heavy (non-hydrogen) atoms. The average Bonchev–Trinajstić information content (AvgIpc) is 2.34. The van der Waals surface area contributed by atoms with Crippen LogP contribution >= 0.6 is 34.8 Å². The van der Waals surface area contributed by atoms with Gasteiger partial charge in [-0.3, -0.25) is 0 Å². The maximum atomic E-state index is 11.8. The molecule has 2 aromatic heterocycles. The van der Waals surface area contributed by atoms with Gasteiger partial charge in [0, 0.05) is 0 Å². The Balaban J connectivity index is 0.000000180. The Morgan fingerprint density at radius 2 is 1.06 bits per heavy atom. The maximum absolute atomic E-state index is 11.8. The van der Waals surface area contributed by atoms with E-state index in [1.54, 1.807) is 0 Å². The van der Waals surface area contributed by atoms with Crippen LogP contribution in [0.1, 0.15) is 0 Å². The zero-order valence-corrected chi connectivity index (χ0v) is 10.2. The van der Waals surface area contributed by atoms with Crippen LogP contribution < -0.4 is 0 Å². The van der Waals surface area contributed by atoms with E-state index in [2.05, 4.69) is 30.8 Å². The third kappa shape index (κ3) is 3.86. The summed E-state index contributed by atoms with van der Waals surface area (Å²) >= 11 is 16.2. The summed E-state index contributed by atoms with van der Waals surface area (Å²) < 4.78 is 35.3. The van der Waals surface area contributed by atoms with Gasteiger partial charge < -0.3 is 0 Å². The Kier molecular flexibility index (Phi) is 5.38. The molecule has 0 aliphatic carbocycles. The highest BCUT2D eigenvalue weighted by Gasteiger charge is 2.09. The molecule has 2 heterocycles. The van der Waals surface area contributed by atoms with E-state index in [1.165, 1.54) is 0 Å². The van der Waals surface area contributed by atoms with Gasteiger partial charge in [0.15, 0.2) is 10.3 Å². The molecule has 0 N–H and O–H groups in total. The van der Waals surface area contributed by atoms with Crippen LogP contribution in [0.4, 0.5) is 13.2 Å². The smallest absolute Gasteiger partial charge is 0.197 e. The molecule has 96 valence electrons. The zero-order valence-electron chi connectivity index (χ0n) is 7.95. The quantitative estimate of drug-likeness (QED) is 0.740. The largest absolute Gasteiger partial charge is 0.275 e. The second-order valence-electron chi connectivity index (χ2n) is 2.37. The fourth-order valence-corrected chi connectivity index (χ4v) is 0.918. The molecule has 0 unspecified atom stereocenters. The summed E-state index contributed by atoms with van der Waals surface area (Å²) in [7, 11) is 0. The number of hydrogen-bond donors (Lipinski definition) is 0. The third-order valence-corrected chi connectivity index (χ3v) is 2.34. The Labute approximate surface area is 112 Å². The van der Waals surface area contributed by atoms with Gasteiger partial charge in [0.25, 0.3) is 11.9 Å². The molecule has 0 amide bonds. The van der Waals surface area contributed by atoms with Crippen molar-refractivity contribution in [1.82, 2.24) is 30.8 Å². The van der Waals surface area contributed by atoms with Crippen LogP contribution in [0, 0.1) is 17.7 Å². The first-order valence-corrected chi connectivity index (χ1v) is 4.96. The summed E-state index contributed by atoms with van der Waals surface area (Å²) in [5, 5.41) is 17.7. The van der Waals surface area contributed by atoms with E-state index in [9.17, 15) is 13.2 Å². The highest BCUT2D eigenvalue weighted by Crippen LogP contribution is 2.23. The minimum Gasteiger partial charge on any atom is -0.197 e. The first-order valence-electron chi connectivity index (χ1n) is 3.83. The van der Waals surface area contributed by atoms with Crippen molar-refractivity contribution in [2.75, 3.05) is 0 Å². The Morgan fingerprint density at radius 1 is 0.667 bits per heavy atom. The van der Waals surface area contributed by atoms with Crippen molar-refractivity contribution in [3.8, 4) is 0 Å². The van der Waals surface area contributed by atoms with Crippen molar-refractivity contribution in [2.45, 2.75) is 0 Å². The third-order valence-electron chi connectivity index (χ3n) is 1.25. The Bertz CT molecular complexity index is 466. The lowest BCUT2D eigenvalue weighted by Gasteiger charge is -1.90. The van der Waals surface area contributed by atoms with Gasteiger partial charge in [-0.1, -0.05) is 45.0 Å². The van der Waals surface area contributed by atoms with Gasteiger partial charge in [-0.2, -0.15) is 13.2 Å². The Hall–Kier alpha value is -1.32. The van der Waals surface area contributed by atoms with E-state index in [0.29, 0.717) is 0 Å². The molecule has 0 bridgehead atoms. The Morgan fingerprint density at radius 3 is 1.39 bits per heavy atom. The molecular weight excluding hydrogens is 319 g/mol. The van der Waals surface area contributed by atoms with E-state index in [-0.39, 0.29) is 15.3 Å². The summed E-state index contributed by atoms with van der Waals surface area (Å²) in [6, 6.07) is 0. The van der Waals surface area contributed by atoms with Gasteiger partial charge in [0.05, 0.1) is 0 Å². The number of hydrogen-bond acceptors (Lipinski definition) is 6. The first kappa shape index (κ1) is 14.7. The van der Waals surface area contributed by atoms with Crippen molar-refractivity contribution in [1.29, 1.82) is 0 Å². The van der Waals surface area contributed by atoms with Crippen LogP contribution in [-0.2, 0) is 0 Å². The highest BCUT2D eigenvalue weighted by molar-refractivity contribution is 6.46. The van der Waals surface area contributed by atoms with E-state index in [0.717, 1.165) is 0 Å². The zero-order chi connectivity index (χ0) is 13.7. The molecule has 2 aromatic rings. The SMILES string of the molecule is Clc1nnnc(Cl)c1Cl.Fc1nnnc(F)c1F. The minimum atomic E-state index is -1.70. The highest BCUT2D eigenvalue weighted by atomic mass is 35.5. The average molecular weight is 319 g/mol. The van der Waals surface area contributed by atoms with Crippen LogP contribution in [0.3, 0.4) is 0 Å². The standard InChI is InChI=1S/C3Cl3N3.C3F3N3/c2*4-1-2(5)7-9-8-3(1)6. The van der Waals surface area contributed by atoms with Crippen molar-refractivity contribution in [2.24, 2.45) is 0 Å². The summed E-state index contributed by atoms with van der Waals surface area (Å²) in [5.74, 6) is -4.87. The van der Waals surface area contributed by atoms with Gasteiger partial charge >= 0.3 is 0 Å². The molecule has 2 rings (SSSR count). The molecule has 0 aliphatic heterocycles. The lowest BCUT2D eigenvalue weighted by Crippen LogP contribution is -2.00. The lowest BCUT2D eigenvalue weighted by atomic mass is 10.6. The van der Waals surface area contributed by atoms with Crippen molar-refractivity contribution < 1.29 is 13.2 Å². The van der Waals surface area contributed by atoms with Crippen LogP contribution in [0.5, 0.6) is 0 Å². The predicted octanol–water partition coefficient (Wildman–Crippen LogP) is 2.12. The molecule has 6 nitrogen and oxygen atoms in total. The fraction of sp³-hybridized carbons (Fsp3) is 0. The first-order chi connectivity index (χ1) is 8.43. The van der Waals surface area contributed by atoms with E-state index < -0.39 is 17.7 Å². The molecule has 0 saturated carbocycles. The van der Waals surface area contributed by atoms with Gasteiger partial charge in [-0.15, -0.1) is 10.2 Å². The minimum absolute atomic E-state index is 0.0664. The summed E-state index contributed by atoms with van der Waals surface area (Å²) in [4.78, 5) is 0. The molecule has 0 aromatic carbocycles. The lowest BCUT2D eigenvalue weighted by molar-refractivity contribution is 0.382. The van der Waals surface area contributed by atoms with Crippen LogP contribution in [-0.4, -0.2) is 30.8 Å². The molecule has 0 radical (unpaired) electrons. The van der Waals surface area contributed by atoms with Crippen LogP contribution in [0.25, 0.3) is 0 Å². The second kappa shape index (κ2) is 6.57. The van der Waals surface area contributed by atoms with Gasteiger partial charge in [0.1, 0.15) is 5.02 Å². The number of aromatic nitrogens is 6. The van der Waals surface area contributed by atoms with E-state index >= 15 is 0 Å². The summed E-state index contributed by atoms with van der Waals surface area (Å²) in [6.45, 7) is 0. The van der Waals surface area contributed by atoms with Crippen molar-refractivity contribution in [3.05, 3.63) is 33.0 Å². The topological polar surface area (TPSA) is 77.3 Å². The van der Waals surface area contributed by atoms with Crippen LogP contribution in [0.15, 0.2) is 0 Å². The van der Waals surface area contributed by atoms with Crippen molar-refractivity contribution >= 4 is 34.8 Å². The fourth-order valence-electron chi connectivity index (χ4n) is 0.548. The summed E-state index contributed by atoms with van der Waals surface area (Å²) in [6.07, 6.45) is 0. The predicted molar refractivity (Wildman–Crippen MR) is 54.6 cm³/mol. The van der Waals surface area contributed by atoms with Gasteiger partial charge in [-0.25, -0.2) is 0 Å². The van der Waals surface area contributed by atoms with Crippen LogP contribution in [0.2, 0.25) is 15.3 Å². The van der Waals surface area contributed by atoms with E-state index in [4.69, 9.17) is 34.8 Å². The molecule has 12 heteroatoms. The number of rotatable bonds is 0. The monoisotopic (exact) mass is 318 g/mol. The van der Waals surface area contributed by atoms with Gasteiger partial charge in [-0.05, 0) is 10.4 Å². The molecule has 0 aliphatic rings. The number of nitrogens with zero attached hydrogens (tertiary/aromatic N) is 6.